The molecule has 1 N–H and O–H groups in total. The molecule has 0 aliphatic rings. The number of carbonyl (C=O) groups is 1. The molecule has 0 fully saturated rings. The quantitative estimate of drug-likeness (QED) is 0.610. The monoisotopic (exact) mass is 258 g/mol. The summed E-state index contributed by atoms with van der Waals surface area (Å²) in [6, 6.07) is 8.40. The van der Waals surface area contributed by atoms with Gasteiger partial charge in [-0.15, -0.1) is 0 Å². The highest BCUT2D eigenvalue weighted by Crippen LogP contribution is 2.14. The maximum atomic E-state index is 10.5. The van der Waals surface area contributed by atoms with E-state index in [1.165, 1.54) is 22.8 Å². The third-order valence-electron chi connectivity index (χ3n) is 3.13. The normalized spacial score (nSPS) is 12.6. The lowest BCUT2D eigenvalue weighted by atomic mass is 10.0. The first kappa shape index (κ1) is 15.2. The van der Waals surface area contributed by atoms with E-state index in [1.807, 2.05) is 6.92 Å². The largest absolute Gasteiger partial charge is 0.478 e. The minimum absolute atomic E-state index is 0.803. The van der Waals surface area contributed by atoms with E-state index < -0.39 is 5.97 Å². The molecule has 0 unspecified atom stereocenters. The van der Waals surface area contributed by atoms with Gasteiger partial charge in [-0.1, -0.05) is 41.5 Å². The van der Waals surface area contributed by atoms with E-state index in [4.69, 9.17) is 5.11 Å². The Balaban J connectivity index is 2.50. The van der Waals surface area contributed by atoms with Gasteiger partial charge in [0.25, 0.3) is 0 Å². The molecule has 0 aliphatic carbocycles. The molecule has 0 spiro atoms. The predicted molar refractivity (Wildman–Crippen MR) is 79.3 cm³/mol. The molecule has 0 amide bonds. The number of rotatable bonds is 6. The SMILES string of the molecule is CC(=CCC/C(C)=C\C(=O)O)Cc1ccccc1C. The van der Waals surface area contributed by atoms with Crippen LogP contribution in [0, 0.1) is 6.92 Å². The van der Waals surface area contributed by atoms with Gasteiger partial charge in [-0.3, -0.25) is 0 Å². The van der Waals surface area contributed by atoms with E-state index in [0.29, 0.717) is 0 Å². The van der Waals surface area contributed by atoms with Crippen molar-refractivity contribution in [3.63, 3.8) is 0 Å². The second kappa shape index (κ2) is 7.57. The summed E-state index contributed by atoms with van der Waals surface area (Å²) in [7, 11) is 0. The number of carboxylic acids is 1. The van der Waals surface area contributed by atoms with Crippen molar-refractivity contribution in [1.29, 1.82) is 0 Å². The summed E-state index contributed by atoms with van der Waals surface area (Å²) in [4.78, 5) is 10.5. The highest BCUT2D eigenvalue weighted by Gasteiger charge is 1.98. The topological polar surface area (TPSA) is 37.3 Å². The van der Waals surface area contributed by atoms with Crippen LogP contribution in [0.3, 0.4) is 0 Å². The maximum Gasteiger partial charge on any atom is 0.328 e. The van der Waals surface area contributed by atoms with Crippen molar-refractivity contribution in [2.75, 3.05) is 0 Å². The summed E-state index contributed by atoms with van der Waals surface area (Å²) in [5.41, 5.74) is 4.91. The number of benzene rings is 1. The first-order valence-corrected chi connectivity index (χ1v) is 6.59. The Morgan fingerprint density at radius 2 is 1.89 bits per heavy atom. The fourth-order valence-corrected chi connectivity index (χ4v) is 2.01. The van der Waals surface area contributed by atoms with Crippen molar-refractivity contribution in [2.24, 2.45) is 0 Å². The average Bonchev–Trinajstić information content (AvgIpc) is 2.31. The van der Waals surface area contributed by atoms with Gasteiger partial charge in [-0.25, -0.2) is 4.79 Å². The lowest BCUT2D eigenvalue weighted by Crippen LogP contribution is -1.92. The van der Waals surface area contributed by atoms with E-state index in [9.17, 15) is 4.79 Å². The van der Waals surface area contributed by atoms with Crippen molar-refractivity contribution in [2.45, 2.75) is 40.0 Å². The van der Waals surface area contributed by atoms with E-state index in [2.05, 4.69) is 44.2 Å². The lowest BCUT2D eigenvalue weighted by Gasteiger charge is -2.06. The summed E-state index contributed by atoms with van der Waals surface area (Å²) in [5.74, 6) is -0.863. The first-order valence-electron chi connectivity index (χ1n) is 6.59. The van der Waals surface area contributed by atoms with Crippen LogP contribution in [0.5, 0.6) is 0 Å². The number of carboxylic acid groups (broad SMARTS) is 1. The second-order valence-corrected chi connectivity index (χ2v) is 5.02. The molecule has 0 radical (unpaired) electrons. The van der Waals surface area contributed by atoms with Crippen LogP contribution in [0.25, 0.3) is 0 Å². The van der Waals surface area contributed by atoms with Crippen LogP contribution < -0.4 is 0 Å². The van der Waals surface area contributed by atoms with Gasteiger partial charge in [0.1, 0.15) is 0 Å². The maximum absolute atomic E-state index is 10.5. The van der Waals surface area contributed by atoms with Crippen molar-refractivity contribution in [3.8, 4) is 0 Å². The molecule has 0 bridgehead atoms. The minimum atomic E-state index is -0.863. The van der Waals surface area contributed by atoms with E-state index >= 15 is 0 Å². The molecule has 1 rings (SSSR count). The Labute approximate surface area is 115 Å². The minimum Gasteiger partial charge on any atom is -0.478 e. The summed E-state index contributed by atoms with van der Waals surface area (Å²) in [5, 5.41) is 8.63. The molecule has 1 aromatic rings. The number of aliphatic carboxylic acids is 1. The molecule has 0 aromatic heterocycles. The molecular formula is C17H22O2. The van der Waals surface area contributed by atoms with Gasteiger partial charge in [-0.2, -0.15) is 0 Å². The van der Waals surface area contributed by atoms with Gasteiger partial charge in [-0.05, 0) is 51.2 Å². The molecule has 0 saturated heterocycles. The van der Waals surface area contributed by atoms with E-state index in [1.54, 1.807) is 0 Å². The summed E-state index contributed by atoms with van der Waals surface area (Å²) >= 11 is 0. The van der Waals surface area contributed by atoms with Crippen molar-refractivity contribution in [3.05, 3.63) is 58.7 Å². The van der Waals surface area contributed by atoms with Crippen molar-refractivity contribution >= 4 is 5.97 Å². The standard InChI is InChI=1S/C17H22O2/c1-13(7-6-8-14(2)12-17(18)19)11-16-10-5-4-9-15(16)3/h4-5,7,9-10,12H,6,8,11H2,1-3H3,(H,18,19)/b13-7?,14-12-. The third-order valence-corrected chi connectivity index (χ3v) is 3.13. The first-order chi connectivity index (χ1) is 8.99. The van der Waals surface area contributed by atoms with E-state index in [-0.39, 0.29) is 0 Å². The number of allylic oxidation sites excluding steroid dienone is 3. The molecule has 19 heavy (non-hydrogen) atoms. The summed E-state index contributed by atoms with van der Waals surface area (Å²) < 4.78 is 0. The Hall–Kier alpha value is -1.83. The van der Waals surface area contributed by atoms with Crippen LogP contribution in [0.1, 0.15) is 37.8 Å². The predicted octanol–water partition coefficient (Wildman–Crippen LogP) is 4.29. The Bertz CT molecular complexity index is 496. The van der Waals surface area contributed by atoms with Crippen LogP contribution in [-0.2, 0) is 11.2 Å². The van der Waals surface area contributed by atoms with Crippen molar-refractivity contribution in [1.82, 2.24) is 0 Å². The third kappa shape index (κ3) is 6.05. The van der Waals surface area contributed by atoms with Crippen molar-refractivity contribution < 1.29 is 9.90 Å². The van der Waals surface area contributed by atoms with Gasteiger partial charge in [0.2, 0.25) is 0 Å². The molecule has 2 heteroatoms. The summed E-state index contributed by atoms with van der Waals surface area (Å²) in [6.07, 6.45) is 6.15. The fraction of sp³-hybridized carbons (Fsp3) is 0.353. The molecule has 0 saturated carbocycles. The van der Waals surface area contributed by atoms with Gasteiger partial charge in [0.15, 0.2) is 0 Å². The number of hydrogen-bond acceptors (Lipinski definition) is 1. The fourth-order valence-electron chi connectivity index (χ4n) is 2.01. The molecule has 1 aromatic carbocycles. The molecule has 2 nitrogen and oxygen atoms in total. The van der Waals surface area contributed by atoms with Crippen LogP contribution in [0.4, 0.5) is 0 Å². The zero-order chi connectivity index (χ0) is 14.3. The number of hydrogen-bond donors (Lipinski definition) is 1. The highest BCUT2D eigenvalue weighted by atomic mass is 16.4. The summed E-state index contributed by atoms with van der Waals surface area (Å²) in [6.45, 7) is 6.11. The van der Waals surface area contributed by atoms with Crippen LogP contribution >= 0.6 is 0 Å². The average molecular weight is 258 g/mol. The Morgan fingerprint density at radius 1 is 1.21 bits per heavy atom. The van der Waals surface area contributed by atoms with Crippen LogP contribution in [0.2, 0.25) is 0 Å². The molecule has 0 heterocycles. The van der Waals surface area contributed by atoms with Gasteiger partial charge < -0.3 is 5.11 Å². The Kier molecular flexibility index (Phi) is 6.07. The molecular weight excluding hydrogens is 236 g/mol. The van der Waals surface area contributed by atoms with Crippen LogP contribution in [-0.4, -0.2) is 11.1 Å². The smallest absolute Gasteiger partial charge is 0.328 e. The van der Waals surface area contributed by atoms with Gasteiger partial charge >= 0.3 is 5.97 Å². The van der Waals surface area contributed by atoms with Gasteiger partial charge in [0.05, 0.1) is 0 Å². The molecule has 0 atom stereocenters. The lowest BCUT2D eigenvalue weighted by molar-refractivity contribution is -0.131. The molecule has 102 valence electrons. The van der Waals surface area contributed by atoms with E-state index in [0.717, 1.165) is 24.8 Å². The Morgan fingerprint density at radius 3 is 2.53 bits per heavy atom. The highest BCUT2D eigenvalue weighted by molar-refractivity contribution is 5.80. The molecule has 0 aliphatic heterocycles. The van der Waals surface area contributed by atoms with Gasteiger partial charge in [0, 0.05) is 6.08 Å². The zero-order valence-electron chi connectivity index (χ0n) is 11.9. The number of aryl methyl sites for hydroxylation is 1. The van der Waals surface area contributed by atoms with Crippen LogP contribution in [0.15, 0.2) is 47.6 Å². The second-order valence-electron chi connectivity index (χ2n) is 5.02. The zero-order valence-corrected chi connectivity index (χ0v) is 11.9.